The lowest BCUT2D eigenvalue weighted by molar-refractivity contribution is 0.0702. The van der Waals surface area contributed by atoms with Crippen molar-refractivity contribution in [2.75, 3.05) is 7.11 Å². The van der Waals surface area contributed by atoms with Gasteiger partial charge in [0.05, 0.1) is 18.7 Å². The second-order valence-corrected chi connectivity index (χ2v) is 4.56. The van der Waals surface area contributed by atoms with Crippen LogP contribution in [-0.4, -0.2) is 23.3 Å². The highest BCUT2D eigenvalue weighted by Crippen LogP contribution is 2.37. The first kappa shape index (κ1) is 10.1. The van der Waals surface area contributed by atoms with Crippen LogP contribution in [0.4, 0.5) is 0 Å². The first-order chi connectivity index (χ1) is 8.20. The van der Waals surface area contributed by atoms with E-state index in [0.29, 0.717) is 11.3 Å². The molecule has 0 spiro atoms. The Morgan fingerprint density at radius 2 is 2.29 bits per heavy atom. The topological polar surface area (TPSA) is 72.6 Å². The van der Waals surface area contributed by atoms with Crippen LogP contribution in [0.15, 0.2) is 22.9 Å². The number of ether oxygens (including phenoxy) is 1. The number of thiophene rings is 1. The number of rotatable bonds is 2. The SMILES string of the molecule is COc1cc2sc(C(=O)O)cc2c2cnoc12. The van der Waals surface area contributed by atoms with E-state index >= 15 is 0 Å². The van der Waals surface area contributed by atoms with E-state index in [1.54, 1.807) is 18.3 Å². The van der Waals surface area contributed by atoms with Gasteiger partial charge in [0.15, 0.2) is 5.75 Å². The lowest BCUT2D eigenvalue weighted by atomic mass is 10.1. The van der Waals surface area contributed by atoms with Gasteiger partial charge in [0.2, 0.25) is 5.58 Å². The molecule has 2 heterocycles. The number of hydrogen-bond acceptors (Lipinski definition) is 5. The number of carboxylic acid groups (broad SMARTS) is 1. The molecule has 0 fully saturated rings. The third-order valence-corrected chi connectivity index (χ3v) is 3.61. The molecule has 86 valence electrons. The molecule has 17 heavy (non-hydrogen) atoms. The van der Waals surface area contributed by atoms with Crippen LogP contribution >= 0.6 is 11.3 Å². The maximum Gasteiger partial charge on any atom is 0.345 e. The van der Waals surface area contributed by atoms with E-state index in [9.17, 15) is 4.79 Å². The van der Waals surface area contributed by atoms with Crippen molar-refractivity contribution in [2.24, 2.45) is 0 Å². The second kappa shape index (κ2) is 3.46. The van der Waals surface area contributed by atoms with Crippen LogP contribution in [0.5, 0.6) is 5.75 Å². The van der Waals surface area contributed by atoms with Crippen LogP contribution in [0.25, 0.3) is 21.1 Å². The summed E-state index contributed by atoms with van der Waals surface area (Å²) < 4.78 is 11.1. The van der Waals surface area contributed by atoms with Gasteiger partial charge in [-0.2, -0.15) is 0 Å². The summed E-state index contributed by atoms with van der Waals surface area (Å²) in [7, 11) is 1.54. The van der Waals surface area contributed by atoms with E-state index in [0.717, 1.165) is 15.5 Å². The van der Waals surface area contributed by atoms with E-state index < -0.39 is 5.97 Å². The molecule has 2 aromatic heterocycles. The number of methoxy groups -OCH3 is 1. The number of carboxylic acids is 1. The summed E-state index contributed by atoms with van der Waals surface area (Å²) in [5, 5.41) is 14.3. The average molecular weight is 249 g/mol. The predicted octanol–water partition coefficient (Wildman–Crippen LogP) is 2.75. The molecule has 3 aromatic rings. The third kappa shape index (κ3) is 1.38. The third-order valence-electron chi connectivity index (χ3n) is 2.54. The minimum absolute atomic E-state index is 0.288. The maximum absolute atomic E-state index is 10.9. The summed E-state index contributed by atoms with van der Waals surface area (Å²) in [5.74, 6) is -0.376. The molecule has 0 bridgehead atoms. The van der Waals surface area contributed by atoms with Crippen molar-refractivity contribution < 1.29 is 19.2 Å². The Kier molecular flexibility index (Phi) is 2.05. The van der Waals surface area contributed by atoms with Gasteiger partial charge in [-0.05, 0) is 6.07 Å². The Hall–Kier alpha value is -2.08. The molecular weight excluding hydrogens is 242 g/mol. The van der Waals surface area contributed by atoms with Gasteiger partial charge in [0.1, 0.15) is 4.88 Å². The van der Waals surface area contributed by atoms with E-state index in [4.69, 9.17) is 14.4 Å². The molecule has 6 heteroatoms. The second-order valence-electron chi connectivity index (χ2n) is 3.48. The van der Waals surface area contributed by atoms with Crippen LogP contribution in [0.3, 0.4) is 0 Å². The fourth-order valence-electron chi connectivity index (χ4n) is 1.77. The molecule has 0 saturated heterocycles. The molecule has 3 rings (SSSR count). The largest absolute Gasteiger partial charge is 0.493 e. The summed E-state index contributed by atoms with van der Waals surface area (Å²) in [4.78, 5) is 11.2. The van der Waals surface area contributed by atoms with Gasteiger partial charge in [-0.3, -0.25) is 0 Å². The van der Waals surface area contributed by atoms with Crippen LogP contribution in [-0.2, 0) is 0 Å². The van der Waals surface area contributed by atoms with Crippen molar-refractivity contribution in [3.05, 3.63) is 23.2 Å². The van der Waals surface area contributed by atoms with Gasteiger partial charge in [0, 0.05) is 16.2 Å². The van der Waals surface area contributed by atoms with Gasteiger partial charge in [-0.25, -0.2) is 4.79 Å². The van der Waals surface area contributed by atoms with Crippen LogP contribution in [0.1, 0.15) is 9.67 Å². The zero-order chi connectivity index (χ0) is 12.0. The summed E-state index contributed by atoms with van der Waals surface area (Å²) in [6.45, 7) is 0. The van der Waals surface area contributed by atoms with E-state index in [1.165, 1.54) is 18.4 Å². The minimum Gasteiger partial charge on any atom is -0.493 e. The smallest absolute Gasteiger partial charge is 0.345 e. The van der Waals surface area contributed by atoms with Crippen molar-refractivity contribution >= 4 is 38.4 Å². The molecule has 0 unspecified atom stereocenters. The lowest BCUT2D eigenvalue weighted by Crippen LogP contribution is -1.89. The van der Waals surface area contributed by atoms with Gasteiger partial charge in [-0.15, -0.1) is 11.3 Å². The molecule has 5 nitrogen and oxygen atoms in total. The highest BCUT2D eigenvalue weighted by molar-refractivity contribution is 7.20. The maximum atomic E-state index is 10.9. The first-order valence-corrected chi connectivity index (χ1v) is 5.60. The summed E-state index contributed by atoms with van der Waals surface area (Å²) in [5.41, 5.74) is 0.537. The van der Waals surface area contributed by atoms with Crippen LogP contribution < -0.4 is 4.74 Å². The standard InChI is InChI=1S/C11H7NO4S/c1-15-7-3-8-5(2-9(17-8)11(13)14)6-4-12-16-10(6)7/h2-4H,1H3,(H,13,14). The Balaban J connectivity index is 2.45. The van der Waals surface area contributed by atoms with Crippen LogP contribution in [0.2, 0.25) is 0 Å². The number of hydrogen-bond donors (Lipinski definition) is 1. The van der Waals surface area contributed by atoms with Crippen molar-refractivity contribution in [3.63, 3.8) is 0 Å². The zero-order valence-corrected chi connectivity index (χ0v) is 9.58. The highest BCUT2D eigenvalue weighted by Gasteiger charge is 2.16. The summed E-state index contributed by atoms with van der Waals surface area (Å²) >= 11 is 1.20. The first-order valence-electron chi connectivity index (χ1n) is 4.79. The fourth-order valence-corrected chi connectivity index (χ4v) is 2.72. The lowest BCUT2D eigenvalue weighted by Gasteiger charge is -1.99. The van der Waals surface area contributed by atoms with Gasteiger partial charge < -0.3 is 14.4 Å². The molecular formula is C11H7NO4S. The predicted molar refractivity (Wildman–Crippen MR) is 62.9 cm³/mol. The molecule has 0 atom stereocenters. The number of benzene rings is 1. The number of nitrogens with zero attached hydrogens (tertiary/aromatic N) is 1. The molecule has 0 aliphatic carbocycles. The van der Waals surface area contributed by atoms with Crippen molar-refractivity contribution in [2.45, 2.75) is 0 Å². The molecule has 0 radical (unpaired) electrons. The number of aromatic nitrogens is 1. The quantitative estimate of drug-likeness (QED) is 0.756. The summed E-state index contributed by atoms with van der Waals surface area (Å²) in [6.07, 6.45) is 1.57. The summed E-state index contributed by atoms with van der Waals surface area (Å²) in [6, 6.07) is 3.39. The Bertz CT molecular complexity index is 728. The molecule has 0 amide bonds. The molecule has 0 aliphatic heterocycles. The number of fused-ring (bicyclic) bond motifs is 3. The molecule has 1 aromatic carbocycles. The monoisotopic (exact) mass is 249 g/mol. The number of carbonyl (C=O) groups is 1. The van der Waals surface area contributed by atoms with Crippen molar-refractivity contribution in [1.82, 2.24) is 5.16 Å². The fraction of sp³-hybridized carbons (Fsp3) is 0.0909. The zero-order valence-electron chi connectivity index (χ0n) is 8.76. The minimum atomic E-state index is -0.935. The normalized spacial score (nSPS) is 11.1. The Labute approximate surface area is 99.2 Å². The van der Waals surface area contributed by atoms with Gasteiger partial charge >= 0.3 is 5.97 Å². The van der Waals surface area contributed by atoms with Crippen molar-refractivity contribution in [3.8, 4) is 5.75 Å². The van der Waals surface area contributed by atoms with E-state index in [-0.39, 0.29) is 4.88 Å². The van der Waals surface area contributed by atoms with Crippen molar-refractivity contribution in [1.29, 1.82) is 0 Å². The van der Waals surface area contributed by atoms with E-state index in [2.05, 4.69) is 5.16 Å². The number of aromatic carboxylic acids is 1. The molecule has 1 N–H and O–H groups in total. The van der Waals surface area contributed by atoms with Gasteiger partial charge in [0.25, 0.3) is 0 Å². The van der Waals surface area contributed by atoms with Gasteiger partial charge in [-0.1, -0.05) is 5.16 Å². The molecule has 0 aliphatic rings. The average Bonchev–Trinajstić information content (AvgIpc) is 2.93. The highest BCUT2D eigenvalue weighted by atomic mass is 32.1. The van der Waals surface area contributed by atoms with Crippen LogP contribution in [0, 0.1) is 0 Å². The molecule has 0 saturated carbocycles. The van der Waals surface area contributed by atoms with E-state index in [1.807, 2.05) is 0 Å². The Morgan fingerprint density at radius 3 is 3.00 bits per heavy atom. The Morgan fingerprint density at radius 1 is 1.47 bits per heavy atom.